The molecule has 98 valence electrons. The number of hydrogen-bond donors (Lipinski definition) is 1. The molecule has 1 saturated carbocycles. The number of halogens is 2. The number of rotatable bonds is 6. The molecule has 1 heterocycles. The minimum absolute atomic E-state index is 0.0882. The van der Waals surface area contributed by atoms with Crippen molar-refractivity contribution in [1.82, 2.24) is 0 Å². The van der Waals surface area contributed by atoms with Gasteiger partial charge in [0, 0.05) is 0 Å². The molecule has 0 unspecified atom stereocenters. The van der Waals surface area contributed by atoms with Gasteiger partial charge in [-0.1, -0.05) is 0 Å². The van der Waals surface area contributed by atoms with Crippen molar-refractivity contribution in [1.29, 1.82) is 0 Å². The molecule has 3 atom stereocenters. The fourth-order valence-corrected chi connectivity index (χ4v) is 7.67. The molecule has 0 aromatic rings. The predicted octanol–water partition coefficient (Wildman–Crippen LogP) is 2.60. The second-order valence-electron chi connectivity index (χ2n) is 4.73. The predicted molar refractivity (Wildman–Crippen MR) is 66.0 cm³/mol. The van der Waals surface area contributed by atoms with Crippen molar-refractivity contribution in [3.63, 3.8) is 0 Å². The van der Waals surface area contributed by atoms with E-state index in [0.717, 1.165) is 25.7 Å². The Labute approximate surface area is 113 Å². The maximum absolute atomic E-state index is 10.3. The fraction of sp³-hybridized carbons (Fsp3) is 0.900. The average molecular weight is 390 g/mol. The summed E-state index contributed by atoms with van der Waals surface area (Å²) in [6.07, 6.45) is 4.29. The summed E-state index contributed by atoms with van der Waals surface area (Å²) in [5.41, 5.74) is 0. The Kier molecular flexibility index (Phi) is 4.85. The second kappa shape index (κ2) is 5.82. The molecule has 0 radical (unpaired) electrons. The molecule has 0 bridgehead atoms. The van der Waals surface area contributed by atoms with Gasteiger partial charge in [-0.05, 0) is 0 Å². The molecule has 1 N–H and O–H groups in total. The van der Waals surface area contributed by atoms with Crippen molar-refractivity contribution >= 4 is 40.8 Å². The number of unbranched alkanes of at least 4 members (excludes halogenated alkanes) is 1. The van der Waals surface area contributed by atoms with E-state index in [2.05, 4.69) is 0 Å². The average Bonchev–Trinajstić information content (AvgIpc) is 2.90. The van der Waals surface area contributed by atoms with Crippen LogP contribution in [0.4, 0.5) is 0 Å². The third-order valence-electron chi connectivity index (χ3n) is 3.37. The summed E-state index contributed by atoms with van der Waals surface area (Å²) < 4.78 is 10.9. The van der Waals surface area contributed by atoms with E-state index in [1.54, 1.807) is 0 Å². The molecule has 2 rings (SSSR count). The van der Waals surface area contributed by atoms with Crippen LogP contribution in [-0.2, 0) is 10.9 Å². The molecule has 1 saturated heterocycles. The van der Waals surface area contributed by atoms with Crippen LogP contribution in [0.1, 0.15) is 32.1 Å². The Balaban J connectivity index is 1.60. The van der Waals surface area contributed by atoms with Crippen LogP contribution in [-0.4, -0.2) is 40.7 Å². The third-order valence-corrected chi connectivity index (χ3v) is 9.12. The van der Waals surface area contributed by atoms with E-state index in [4.69, 9.17) is 29.1 Å². The van der Waals surface area contributed by atoms with Crippen molar-refractivity contribution in [3.05, 3.63) is 0 Å². The molecule has 1 aliphatic heterocycles. The summed E-state index contributed by atoms with van der Waals surface area (Å²) >= 11 is -3.54. The summed E-state index contributed by atoms with van der Waals surface area (Å²) in [7, 11) is 11.8. The van der Waals surface area contributed by atoms with E-state index in [9.17, 15) is 4.79 Å². The van der Waals surface area contributed by atoms with Crippen molar-refractivity contribution < 1.29 is 16.0 Å². The zero-order valence-electron chi connectivity index (χ0n) is 9.40. The van der Waals surface area contributed by atoms with Crippen molar-refractivity contribution in [2.24, 2.45) is 11.8 Å². The third kappa shape index (κ3) is 4.42. The zero-order chi connectivity index (χ0) is 12.5. The first-order chi connectivity index (χ1) is 7.98. The number of carboxylic acids is 1. The Morgan fingerprint density at radius 2 is 2.18 bits per heavy atom. The molecule has 1 aliphatic carbocycles. The van der Waals surface area contributed by atoms with Crippen LogP contribution >= 0.6 is 17.8 Å². The first kappa shape index (κ1) is 14.2. The number of carbonyl (C=O) groups is 1. The summed E-state index contributed by atoms with van der Waals surface area (Å²) in [6.45, 7) is 0.541. The maximum atomic E-state index is 10.3. The first-order valence-corrected chi connectivity index (χ1v) is 15.5. The molecule has 17 heavy (non-hydrogen) atoms. The van der Waals surface area contributed by atoms with Crippen LogP contribution in [0.2, 0.25) is 0 Å². The van der Waals surface area contributed by atoms with E-state index >= 15 is 0 Å². The summed E-state index contributed by atoms with van der Waals surface area (Å²) in [4.78, 5) is 10.3. The molecule has 0 aromatic heterocycles. The molecule has 7 heteroatoms. The van der Waals surface area contributed by atoms with Gasteiger partial charge < -0.3 is 0 Å². The van der Waals surface area contributed by atoms with E-state index in [-0.39, 0.29) is 12.5 Å². The van der Waals surface area contributed by atoms with E-state index in [1.165, 1.54) is 0 Å². The molecule has 0 aromatic carbocycles. The molecular formula is C10H16Cl2O4Sn. The van der Waals surface area contributed by atoms with E-state index < -0.39 is 22.9 Å². The van der Waals surface area contributed by atoms with E-state index in [1.807, 2.05) is 0 Å². The molecule has 0 amide bonds. The minimum atomic E-state index is -3.54. The van der Waals surface area contributed by atoms with Crippen LogP contribution in [0, 0.1) is 11.8 Å². The van der Waals surface area contributed by atoms with Crippen LogP contribution in [0.3, 0.4) is 0 Å². The van der Waals surface area contributed by atoms with Crippen LogP contribution in [0.25, 0.3) is 0 Å². The number of aliphatic carboxylic acids is 1. The van der Waals surface area contributed by atoms with Gasteiger partial charge in [0.2, 0.25) is 0 Å². The zero-order valence-corrected chi connectivity index (χ0v) is 13.8. The first-order valence-electron chi connectivity index (χ1n) is 5.89. The van der Waals surface area contributed by atoms with Gasteiger partial charge in [0.15, 0.2) is 0 Å². The molecule has 0 spiro atoms. The molecule has 4 nitrogen and oxygen atoms in total. The molecule has 2 fully saturated rings. The van der Waals surface area contributed by atoms with Crippen LogP contribution in [0.5, 0.6) is 0 Å². The monoisotopic (exact) mass is 390 g/mol. The summed E-state index contributed by atoms with van der Waals surface area (Å²) in [5.74, 6) is 0.454. The van der Waals surface area contributed by atoms with Gasteiger partial charge in [-0.25, -0.2) is 0 Å². The van der Waals surface area contributed by atoms with Gasteiger partial charge in [-0.3, -0.25) is 0 Å². The van der Waals surface area contributed by atoms with Crippen LogP contribution in [0.15, 0.2) is 0 Å². The number of hydrogen-bond acceptors (Lipinski definition) is 3. The Hall–Kier alpha value is 0.769. The quantitative estimate of drug-likeness (QED) is 0.560. The number of carboxylic acid groups (broad SMARTS) is 1. The summed E-state index contributed by atoms with van der Waals surface area (Å²) in [6, 6.07) is 0. The van der Waals surface area contributed by atoms with Crippen LogP contribution < -0.4 is 0 Å². The second-order valence-corrected chi connectivity index (χ2v) is 16.8. The Morgan fingerprint density at radius 3 is 2.76 bits per heavy atom. The van der Waals surface area contributed by atoms with Crippen molar-refractivity contribution in [2.45, 2.75) is 38.2 Å². The van der Waals surface area contributed by atoms with Crippen molar-refractivity contribution in [2.75, 3.05) is 6.61 Å². The van der Waals surface area contributed by atoms with E-state index in [0.29, 0.717) is 18.4 Å². The topological polar surface area (TPSA) is 55.8 Å². The van der Waals surface area contributed by atoms with Gasteiger partial charge in [0.25, 0.3) is 0 Å². The Bertz CT molecular complexity index is 300. The van der Waals surface area contributed by atoms with Gasteiger partial charge in [-0.2, -0.15) is 0 Å². The summed E-state index contributed by atoms with van der Waals surface area (Å²) in [5, 5.41) is 8.52. The standard InChI is InChI=1S/C10H16O4.2ClH.Sn/c11-6-9(12)8-5-7(8)3-1-2-4-10(13)14;;;/h7-9H,1-6H2,(H,13,14);2*1H;/q-2;;;+4/p-2/t7-,8-,9-;;;/m0.../s1. The normalized spacial score (nSPS) is 34.8. The van der Waals surface area contributed by atoms with Gasteiger partial charge in [0.1, 0.15) is 0 Å². The molecular weight excluding hydrogens is 374 g/mol. The van der Waals surface area contributed by atoms with Crippen molar-refractivity contribution in [3.8, 4) is 0 Å². The van der Waals surface area contributed by atoms with Gasteiger partial charge >= 0.3 is 113 Å². The SMILES string of the molecule is O=C(O)CCCC[C@H]1C[C@@H]1[C@@H]1C[O][Sn]([Cl])([Cl])[O]1. The van der Waals surface area contributed by atoms with Gasteiger partial charge in [-0.15, -0.1) is 0 Å². The van der Waals surface area contributed by atoms with Gasteiger partial charge in [0.05, 0.1) is 0 Å². The Morgan fingerprint density at radius 1 is 1.41 bits per heavy atom. The fourth-order valence-electron chi connectivity index (χ4n) is 2.38. The molecule has 2 aliphatic rings.